The van der Waals surface area contributed by atoms with Crippen molar-refractivity contribution in [3.8, 4) is 0 Å². The Morgan fingerprint density at radius 3 is 1.93 bits per heavy atom. The molecule has 2 amide bonds. The predicted molar refractivity (Wildman–Crippen MR) is 118 cm³/mol. The standard InChI is InChI=1S/C24H23ClN2O2/c25-22-12-5-4-9-19(22)14-16-24(29)27-21-11-6-10-20(17-21)26-23(28)15-13-18-7-2-1-3-8-18/h1-12,17H,13-16H2,(H,26,28)(H,27,29). The van der Waals surface area contributed by atoms with Crippen LogP contribution >= 0.6 is 11.6 Å². The highest BCUT2D eigenvalue weighted by Gasteiger charge is 2.07. The molecule has 0 atom stereocenters. The van der Waals surface area contributed by atoms with Gasteiger partial charge in [-0.05, 0) is 48.2 Å². The summed E-state index contributed by atoms with van der Waals surface area (Å²) in [5.41, 5.74) is 3.38. The number of rotatable bonds is 8. The van der Waals surface area contributed by atoms with Crippen LogP contribution in [0, 0.1) is 0 Å². The van der Waals surface area contributed by atoms with Gasteiger partial charge >= 0.3 is 0 Å². The van der Waals surface area contributed by atoms with Crippen molar-refractivity contribution < 1.29 is 9.59 Å². The molecule has 148 valence electrons. The van der Waals surface area contributed by atoms with E-state index in [1.54, 1.807) is 24.3 Å². The van der Waals surface area contributed by atoms with Crippen LogP contribution in [0.2, 0.25) is 5.02 Å². The van der Waals surface area contributed by atoms with Gasteiger partial charge in [-0.1, -0.05) is 66.2 Å². The zero-order valence-corrected chi connectivity index (χ0v) is 16.8. The van der Waals surface area contributed by atoms with Gasteiger partial charge in [-0.25, -0.2) is 0 Å². The fourth-order valence-corrected chi connectivity index (χ4v) is 3.20. The number of carbonyl (C=O) groups excluding carboxylic acids is 2. The molecule has 29 heavy (non-hydrogen) atoms. The van der Waals surface area contributed by atoms with Crippen molar-refractivity contribution in [1.82, 2.24) is 0 Å². The summed E-state index contributed by atoms with van der Waals surface area (Å²) in [7, 11) is 0. The molecule has 0 aliphatic heterocycles. The molecule has 3 aromatic rings. The number of carbonyl (C=O) groups is 2. The van der Waals surface area contributed by atoms with Gasteiger partial charge in [0.25, 0.3) is 0 Å². The molecule has 4 nitrogen and oxygen atoms in total. The van der Waals surface area contributed by atoms with Crippen molar-refractivity contribution in [2.24, 2.45) is 0 Å². The first-order valence-electron chi connectivity index (χ1n) is 9.57. The maximum Gasteiger partial charge on any atom is 0.224 e. The van der Waals surface area contributed by atoms with Gasteiger partial charge in [0.2, 0.25) is 11.8 Å². The quantitative estimate of drug-likeness (QED) is 0.520. The minimum absolute atomic E-state index is 0.0592. The van der Waals surface area contributed by atoms with Gasteiger partial charge in [0.15, 0.2) is 0 Å². The summed E-state index contributed by atoms with van der Waals surface area (Å²) in [6, 6.07) is 24.6. The number of benzene rings is 3. The number of nitrogens with one attached hydrogen (secondary N) is 2. The summed E-state index contributed by atoms with van der Waals surface area (Å²) < 4.78 is 0. The zero-order valence-electron chi connectivity index (χ0n) is 16.0. The lowest BCUT2D eigenvalue weighted by Crippen LogP contribution is -2.14. The second-order valence-electron chi connectivity index (χ2n) is 6.75. The number of anilines is 2. The van der Waals surface area contributed by atoms with Gasteiger partial charge in [-0.2, -0.15) is 0 Å². The van der Waals surface area contributed by atoms with Crippen LogP contribution in [0.15, 0.2) is 78.9 Å². The van der Waals surface area contributed by atoms with Crippen molar-refractivity contribution in [2.45, 2.75) is 25.7 Å². The predicted octanol–water partition coefficient (Wildman–Crippen LogP) is 5.48. The van der Waals surface area contributed by atoms with Gasteiger partial charge in [-0.15, -0.1) is 0 Å². The van der Waals surface area contributed by atoms with Crippen LogP contribution in [0.4, 0.5) is 11.4 Å². The highest BCUT2D eigenvalue weighted by Crippen LogP contribution is 2.18. The van der Waals surface area contributed by atoms with Gasteiger partial charge in [0.1, 0.15) is 0 Å². The first-order valence-corrected chi connectivity index (χ1v) is 9.95. The van der Waals surface area contributed by atoms with E-state index in [1.807, 2.05) is 54.6 Å². The first kappa shape index (κ1) is 20.6. The Morgan fingerprint density at radius 1 is 0.690 bits per heavy atom. The molecule has 0 heterocycles. The topological polar surface area (TPSA) is 58.2 Å². The summed E-state index contributed by atoms with van der Waals surface area (Å²) in [5.74, 6) is -0.159. The van der Waals surface area contributed by atoms with E-state index in [0.29, 0.717) is 42.1 Å². The molecule has 5 heteroatoms. The van der Waals surface area contributed by atoms with Crippen LogP contribution in [-0.4, -0.2) is 11.8 Å². The van der Waals surface area contributed by atoms with E-state index >= 15 is 0 Å². The lowest BCUT2D eigenvalue weighted by atomic mass is 10.1. The van der Waals surface area contributed by atoms with Crippen molar-refractivity contribution in [3.63, 3.8) is 0 Å². The van der Waals surface area contributed by atoms with Crippen LogP contribution in [-0.2, 0) is 22.4 Å². The van der Waals surface area contributed by atoms with E-state index in [2.05, 4.69) is 10.6 Å². The van der Waals surface area contributed by atoms with Crippen molar-refractivity contribution in [1.29, 1.82) is 0 Å². The third-order valence-corrected chi connectivity index (χ3v) is 4.86. The number of hydrogen-bond donors (Lipinski definition) is 2. The molecular formula is C24H23ClN2O2. The van der Waals surface area contributed by atoms with Crippen LogP contribution < -0.4 is 10.6 Å². The summed E-state index contributed by atoms with van der Waals surface area (Å²) >= 11 is 6.13. The van der Waals surface area contributed by atoms with Crippen LogP contribution in [0.5, 0.6) is 0 Å². The smallest absolute Gasteiger partial charge is 0.224 e. The Bertz CT molecular complexity index is 973. The van der Waals surface area contributed by atoms with E-state index in [9.17, 15) is 9.59 Å². The van der Waals surface area contributed by atoms with Gasteiger partial charge < -0.3 is 10.6 Å². The summed E-state index contributed by atoms with van der Waals surface area (Å²) in [6.07, 6.45) is 1.99. The van der Waals surface area contributed by atoms with E-state index in [-0.39, 0.29) is 11.8 Å². The number of aryl methyl sites for hydroxylation is 2. The van der Waals surface area contributed by atoms with Crippen LogP contribution in [0.3, 0.4) is 0 Å². The van der Waals surface area contributed by atoms with E-state index in [4.69, 9.17) is 11.6 Å². The average Bonchev–Trinajstić information content (AvgIpc) is 2.73. The fraction of sp³-hybridized carbons (Fsp3) is 0.167. The van der Waals surface area contributed by atoms with Gasteiger partial charge in [0, 0.05) is 29.2 Å². The zero-order chi connectivity index (χ0) is 20.5. The Morgan fingerprint density at radius 2 is 1.28 bits per heavy atom. The monoisotopic (exact) mass is 406 g/mol. The number of hydrogen-bond acceptors (Lipinski definition) is 2. The fourth-order valence-electron chi connectivity index (χ4n) is 2.97. The SMILES string of the molecule is O=C(CCc1ccccc1)Nc1cccc(NC(=O)CCc2ccccc2Cl)c1. The maximum absolute atomic E-state index is 12.2. The summed E-state index contributed by atoms with van der Waals surface area (Å²) in [6.45, 7) is 0. The molecule has 0 aromatic heterocycles. The number of amides is 2. The summed E-state index contributed by atoms with van der Waals surface area (Å²) in [5, 5.41) is 6.42. The second-order valence-corrected chi connectivity index (χ2v) is 7.16. The lowest BCUT2D eigenvalue weighted by molar-refractivity contribution is -0.116. The van der Waals surface area contributed by atoms with Crippen molar-refractivity contribution >= 4 is 34.8 Å². The molecule has 3 aromatic carbocycles. The lowest BCUT2D eigenvalue weighted by Gasteiger charge is -2.09. The Labute approximate surface area is 175 Å². The normalized spacial score (nSPS) is 10.4. The third kappa shape index (κ3) is 6.77. The highest BCUT2D eigenvalue weighted by molar-refractivity contribution is 6.31. The molecule has 0 radical (unpaired) electrons. The molecule has 0 unspecified atom stereocenters. The third-order valence-electron chi connectivity index (χ3n) is 4.49. The van der Waals surface area contributed by atoms with E-state index in [1.165, 1.54) is 0 Å². The maximum atomic E-state index is 12.2. The van der Waals surface area contributed by atoms with Gasteiger partial charge in [-0.3, -0.25) is 9.59 Å². The van der Waals surface area contributed by atoms with Crippen LogP contribution in [0.1, 0.15) is 24.0 Å². The molecular weight excluding hydrogens is 384 g/mol. The number of halogens is 1. The molecule has 0 aliphatic rings. The largest absolute Gasteiger partial charge is 0.326 e. The van der Waals surface area contributed by atoms with Crippen LogP contribution in [0.25, 0.3) is 0 Å². The van der Waals surface area contributed by atoms with Gasteiger partial charge in [0.05, 0.1) is 0 Å². The molecule has 0 bridgehead atoms. The molecule has 2 N–H and O–H groups in total. The summed E-state index contributed by atoms with van der Waals surface area (Å²) in [4.78, 5) is 24.4. The molecule has 0 aliphatic carbocycles. The molecule has 0 fully saturated rings. The van der Waals surface area contributed by atoms with Crippen molar-refractivity contribution in [3.05, 3.63) is 95.0 Å². The Kier molecular flexibility index (Phi) is 7.42. The Balaban J connectivity index is 1.49. The molecule has 0 saturated carbocycles. The molecule has 3 rings (SSSR count). The first-order chi connectivity index (χ1) is 14.1. The van der Waals surface area contributed by atoms with E-state index in [0.717, 1.165) is 11.1 Å². The molecule has 0 spiro atoms. The van der Waals surface area contributed by atoms with E-state index < -0.39 is 0 Å². The Hall–Kier alpha value is -3.11. The van der Waals surface area contributed by atoms with Crippen molar-refractivity contribution in [2.75, 3.05) is 10.6 Å². The minimum atomic E-state index is -0.0996. The molecule has 0 saturated heterocycles. The second kappa shape index (κ2) is 10.4. The minimum Gasteiger partial charge on any atom is -0.326 e. The highest BCUT2D eigenvalue weighted by atomic mass is 35.5. The average molecular weight is 407 g/mol.